The van der Waals surface area contributed by atoms with Gasteiger partial charge in [-0.1, -0.05) is 54.1 Å². The highest BCUT2D eigenvalue weighted by Gasteiger charge is 2.05. The summed E-state index contributed by atoms with van der Waals surface area (Å²) in [6.45, 7) is 4.51. The monoisotopic (exact) mass is 406 g/mol. The number of halogens is 1. The first-order valence-corrected chi connectivity index (χ1v) is 9.73. The molecular formula is C24H23ClN2O2. The first-order chi connectivity index (χ1) is 14.0. The van der Waals surface area contributed by atoms with Crippen LogP contribution in [0.2, 0.25) is 5.02 Å². The normalized spacial score (nSPS) is 10.9. The van der Waals surface area contributed by atoms with Crippen molar-refractivity contribution in [3.05, 3.63) is 99.6 Å². The number of nitrogens with one attached hydrogen (secondary N) is 1. The van der Waals surface area contributed by atoms with Crippen LogP contribution in [0.3, 0.4) is 0 Å². The topological polar surface area (TPSA) is 50.7 Å². The zero-order chi connectivity index (χ0) is 20.6. The minimum Gasteiger partial charge on any atom is -0.488 e. The van der Waals surface area contributed by atoms with E-state index in [4.69, 9.17) is 16.3 Å². The highest BCUT2D eigenvalue weighted by atomic mass is 35.5. The summed E-state index contributed by atoms with van der Waals surface area (Å²) in [5, 5.41) is 4.78. The molecule has 3 rings (SSSR count). The number of para-hydroxylation sites is 1. The molecule has 0 fully saturated rings. The van der Waals surface area contributed by atoms with Gasteiger partial charge in [0, 0.05) is 10.6 Å². The standard InChI is InChI=1S/C24H23ClN2O2/c1-17-7-8-20(13-18(17)2)14-24(28)27-26-15-21-5-3-4-6-23(21)29-16-19-9-11-22(25)12-10-19/h3-13,15H,14,16H2,1-2H3,(H,27,28)/b26-15+. The lowest BCUT2D eigenvalue weighted by atomic mass is 10.0. The van der Waals surface area contributed by atoms with E-state index in [9.17, 15) is 4.79 Å². The number of amides is 1. The third kappa shape index (κ3) is 6.19. The number of ether oxygens (including phenoxy) is 1. The van der Waals surface area contributed by atoms with Gasteiger partial charge >= 0.3 is 0 Å². The van der Waals surface area contributed by atoms with E-state index >= 15 is 0 Å². The maximum Gasteiger partial charge on any atom is 0.244 e. The second kappa shape index (κ2) is 9.89. The Balaban J connectivity index is 1.57. The van der Waals surface area contributed by atoms with E-state index in [2.05, 4.69) is 17.5 Å². The van der Waals surface area contributed by atoms with Gasteiger partial charge in [0.25, 0.3) is 0 Å². The Bertz CT molecular complexity index is 1010. The molecule has 29 heavy (non-hydrogen) atoms. The van der Waals surface area contributed by atoms with Crippen LogP contribution in [-0.4, -0.2) is 12.1 Å². The van der Waals surface area contributed by atoms with Crippen LogP contribution in [-0.2, 0) is 17.8 Å². The molecule has 0 saturated carbocycles. The Hall–Kier alpha value is -3.11. The second-order valence-corrected chi connectivity index (χ2v) is 7.28. The van der Waals surface area contributed by atoms with E-state index in [-0.39, 0.29) is 12.3 Å². The van der Waals surface area contributed by atoms with E-state index < -0.39 is 0 Å². The number of aryl methyl sites for hydroxylation is 2. The summed E-state index contributed by atoms with van der Waals surface area (Å²) in [6, 6.07) is 21.1. The van der Waals surface area contributed by atoms with Crippen molar-refractivity contribution in [2.45, 2.75) is 26.9 Å². The van der Waals surface area contributed by atoms with Gasteiger partial charge in [-0.3, -0.25) is 4.79 Å². The lowest BCUT2D eigenvalue weighted by Gasteiger charge is -2.09. The Morgan fingerprint density at radius 1 is 1.00 bits per heavy atom. The fourth-order valence-corrected chi connectivity index (χ4v) is 2.90. The number of benzene rings is 3. The van der Waals surface area contributed by atoms with Gasteiger partial charge in [0.2, 0.25) is 5.91 Å². The highest BCUT2D eigenvalue weighted by Crippen LogP contribution is 2.18. The van der Waals surface area contributed by atoms with Crippen molar-refractivity contribution < 1.29 is 9.53 Å². The average Bonchev–Trinajstić information content (AvgIpc) is 2.71. The van der Waals surface area contributed by atoms with E-state index in [1.165, 1.54) is 11.1 Å². The molecule has 4 nitrogen and oxygen atoms in total. The van der Waals surface area contributed by atoms with Gasteiger partial charge in [-0.15, -0.1) is 0 Å². The average molecular weight is 407 g/mol. The lowest BCUT2D eigenvalue weighted by molar-refractivity contribution is -0.120. The van der Waals surface area contributed by atoms with Crippen LogP contribution in [0.4, 0.5) is 0 Å². The molecule has 0 aromatic heterocycles. The van der Waals surface area contributed by atoms with Crippen molar-refractivity contribution in [1.82, 2.24) is 5.43 Å². The number of hydrogen-bond donors (Lipinski definition) is 1. The lowest BCUT2D eigenvalue weighted by Crippen LogP contribution is -2.19. The van der Waals surface area contributed by atoms with Gasteiger partial charge in [0.05, 0.1) is 12.6 Å². The summed E-state index contributed by atoms with van der Waals surface area (Å²) in [5.41, 5.74) is 7.73. The predicted octanol–water partition coefficient (Wildman–Crippen LogP) is 5.23. The van der Waals surface area contributed by atoms with Gasteiger partial charge in [-0.25, -0.2) is 5.43 Å². The fraction of sp³-hybridized carbons (Fsp3) is 0.167. The van der Waals surface area contributed by atoms with E-state index in [1.54, 1.807) is 6.21 Å². The molecule has 0 saturated heterocycles. The molecule has 0 unspecified atom stereocenters. The molecule has 0 atom stereocenters. The van der Waals surface area contributed by atoms with Crippen molar-refractivity contribution in [3.8, 4) is 5.75 Å². The van der Waals surface area contributed by atoms with Crippen LogP contribution in [0.1, 0.15) is 27.8 Å². The van der Waals surface area contributed by atoms with Crippen molar-refractivity contribution in [1.29, 1.82) is 0 Å². The van der Waals surface area contributed by atoms with E-state index in [1.807, 2.05) is 73.7 Å². The number of rotatable bonds is 7. The number of carbonyl (C=O) groups excluding carboxylic acids is 1. The maximum absolute atomic E-state index is 12.2. The summed E-state index contributed by atoms with van der Waals surface area (Å²) in [5.74, 6) is 0.527. The zero-order valence-corrected chi connectivity index (χ0v) is 17.2. The number of nitrogens with zero attached hydrogens (tertiary/aromatic N) is 1. The Morgan fingerprint density at radius 3 is 2.48 bits per heavy atom. The van der Waals surface area contributed by atoms with E-state index in [0.29, 0.717) is 17.4 Å². The third-order valence-corrected chi connectivity index (χ3v) is 4.81. The SMILES string of the molecule is Cc1ccc(CC(=O)N/N=C/c2ccccc2OCc2ccc(Cl)cc2)cc1C. The van der Waals surface area contributed by atoms with Crippen LogP contribution < -0.4 is 10.2 Å². The summed E-state index contributed by atoms with van der Waals surface area (Å²) in [6.07, 6.45) is 1.88. The van der Waals surface area contributed by atoms with Crippen LogP contribution in [0.25, 0.3) is 0 Å². The molecule has 0 radical (unpaired) electrons. The Kier molecular flexibility index (Phi) is 7.04. The Morgan fingerprint density at radius 2 is 1.72 bits per heavy atom. The van der Waals surface area contributed by atoms with Crippen molar-refractivity contribution >= 4 is 23.7 Å². The molecule has 148 valence electrons. The predicted molar refractivity (Wildman–Crippen MR) is 118 cm³/mol. The smallest absolute Gasteiger partial charge is 0.244 e. The number of carbonyl (C=O) groups is 1. The highest BCUT2D eigenvalue weighted by molar-refractivity contribution is 6.30. The molecule has 0 heterocycles. The molecule has 0 aliphatic carbocycles. The zero-order valence-electron chi connectivity index (χ0n) is 16.5. The van der Waals surface area contributed by atoms with Gasteiger partial charge in [-0.2, -0.15) is 5.10 Å². The molecule has 5 heteroatoms. The summed E-state index contributed by atoms with van der Waals surface area (Å²) in [4.78, 5) is 12.2. The minimum atomic E-state index is -0.163. The molecule has 0 aliphatic rings. The summed E-state index contributed by atoms with van der Waals surface area (Å²) >= 11 is 5.91. The first-order valence-electron chi connectivity index (χ1n) is 9.35. The summed E-state index contributed by atoms with van der Waals surface area (Å²) in [7, 11) is 0. The van der Waals surface area contributed by atoms with Crippen molar-refractivity contribution in [2.75, 3.05) is 0 Å². The second-order valence-electron chi connectivity index (χ2n) is 6.84. The molecular weight excluding hydrogens is 384 g/mol. The van der Waals surface area contributed by atoms with Gasteiger partial charge in [0.1, 0.15) is 12.4 Å². The van der Waals surface area contributed by atoms with Crippen LogP contribution >= 0.6 is 11.6 Å². The van der Waals surface area contributed by atoms with Crippen molar-refractivity contribution in [3.63, 3.8) is 0 Å². The molecule has 0 spiro atoms. The molecule has 3 aromatic rings. The molecule has 3 aromatic carbocycles. The van der Waals surface area contributed by atoms with Gasteiger partial charge < -0.3 is 4.74 Å². The van der Waals surface area contributed by atoms with Crippen LogP contribution in [0, 0.1) is 13.8 Å². The van der Waals surface area contributed by atoms with Gasteiger partial charge in [-0.05, 0) is 60.4 Å². The van der Waals surface area contributed by atoms with Gasteiger partial charge in [0.15, 0.2) is 0 Å². The molecule has 0 aliphatic heterocycles. The quantitative estimate of drug-likeness (QED) is 0.431. The Labute approximate surface area is 176 Å². The minimum absolute atomic E-state index is 0.163. The van der Waals surface area contributed by atoms with Crippen LogP contribution in [0.5, 0.6) is 5.75 Å². The first kappa shape index (κ1) is 20.6. The molecule has 1 amide bonds. The van der Waals surface area contributed by atoms with Crippen LogP contribution in [0.15, 0.2) is 71.8 Å². The third-order valence-electron chi connectivity index (χ3n) is 4.56. The largest absolute Gasteiger partial charge is 0.488 e. The number of hydrogen-bond acceptors (Lipinski definition) is 3. The van der Waals surface area contributed by atoms with E-state index in [0.717, 1.165) is 16.7 Å². The van der Waals surface area contributed by atoms with Crippen molar-refractivity contribution in [2.24, 2.45) is 5.10 Å². The molecule has 0 bridgehead atoms. The fourth-order valence-electron chi connectivity index (χ4n) is 2.77. The maximum atomic E-state index is 12.2. The summed E-state index contributed by atoms with van der Waals surface area (Å²) < 4.78 is 5.89. The molecule has 1 N–H and O–H groups in total. The number of hydrazone groups is 1.